The quantitative estimate of drug-likeness (QED) is 0.308. The highest BCUT2D eigenvalue weighted by molar-refractivity contribution is 6.02. The Labute approximate surface area is 189 Å². The van der Waals surface area contributed by atoms with Gasteiger partial charge in [-0.3, -0.25) is 9.59 Å². The van der Waals surface area contributed by atoms with Crippen molar-refractivity contribution in [1.82, 2.24) is 9.47 Å². The number of Topliss-reactive ketones (excluding diaryl/α,β-unsaturated/α-hetero) is 1. The van der Waals surface area contributed by atoms with E-state index < -0.39 is 5.82 Å². The maximum atomic E-state index is 13.1. The van der Waals surface area contributed by atoms with E-state index in [4.69, 9.17) is 0 Å². The third-order valence-corrected chi connectivity index (χ3v) is 5.56. The van der Waals surface area contributed by atoms with Crippen molar-refractivity contribution in [1.29, 1.82) is 0 Å². The lowest BCUT2D eigenvalue weighted by molar-refractivity contribution is -0.127. The molecule has 0 bridgehead atoms. The Bertz CT molecular complexity index is 1110. The summed E-state index contributed by atoms with van der Waals surface area (Å²) in [6, 6.07) is 13.4. The van der Waals surface area contributed by atoms with E-state index in [0.717, 1.165) is 29.4 Å². The molecule has 5 heteroatoms. The molecule has 0 unspecified atom stereocenters. The molecule has 2 aromatic carbocycles. The molecule has 0 saturated carbocycles. The lowest BCUT2D eigenvalue weighted by Crippen LogP contribution is -2.39. The van der Waals surface area contributed by atoms with E-state index in [1.54, 1.807) is 0 Å². The summed E-state index contributed by atoms with van der Waals surface area (Å²) in [6.45, 7) is 9.04. The van der Waals surface area contributed by atoms with Gasteiger partial charge in [-0.25, -0.2) is 4.39 Å². The Balaban J connectivity index is 1.79. The lowest BCUT2D eigenvalue weighted by atomic mass is 10.1. The summed E-state index contributed by atoms with van der Waals surface area (Å²) in [5, 5.41) is 1.10. The van der Waals surface area contributed by atoms with Crippen molar-refractivity contribution >= 4 is 28.7 Å². The van der Waals surface area contributed by atoms with Crippen molar-refractivity contribution in [3.05, 3.63) is 77.7 Å². The summed E-state index contributed by atoms with van der Waals surface area (Å²) in [7, 11) is 0. The number of carbonyl (C=O) groups is 2. The number of ketones is 1. The molecule has 0 radical (unpaired) electrons. The molecule has 1 aromatic heterocycles. The Morgan fingerprint density at radius 1 is 1.03 bits per heavy atom. The van der Waals surface area contributed by atoms with Crippen molar-refractivity contribution in [2.45, 2.75) is 46.7 Å². The van der Waals surface area contributed by atoms with Gasteiger partial charge < -0.3 is 9.47 Å². The summed E-state index contributed by atoms with van der Waals surface area (Å²) < 4.78 is 15.4. The molecule has 0 aliphatic carbocycles. The summed E-state index contributed by atoms with van der Waals surface area (Å²) >= 11 is 0. The van der Waals surface area contributed by atoms with Crippen LogP contribution in [-0.2, 0) is 11.3 Å². The molecule has 1 heterocycles. The molecule has 0 saturated heterocycles. The van der Waals surface area contributed by atoms with Crippen LogP contribution in [0.1, 0.15) is 50.0 Å². The number of halogens is 1. The maximum absolute atomic E-state index is 13.1. The van der Waals surface area contributed by atoms with E-state index in [9.17, 15) is 14.0 Å². The molecule has 32 heavy (non-hydrogen) atoms. The summed E-state index contributed by atoms with van der Waals surface area (Å²) in [4.78, 5) is 27.1. The smallest absolute Gasteiger partial charge is 0.247 e. The van der Waals surface area contributed by atoms with Crippen LogP contribution >= 0.6 is 0 Å². The normalized spacial score (nSPS) is 11.7. The zero-order valence-corrected chi connectivity index (χ0v) is 19.2. The van der Waals surface area contributed by atoms with Gasteiger partial charge in [-0.2, -0.15) is 0 Å². The molecule has 0 atom stereocenters. The molecule has 3 aromatic rings. The van der Waals surface area contributed by atoms with Gasteiger partial charge in [0.2, 0.25) is 5.91 Å². The second kappa shape index (κ2) is 10.4. The minimum Gasteiger partial charge on any atom is -0.347 e. The fourth-order valence-corrected chi connectivity index (χ4v) is 3.64. The van der Waals surface area contributed by atoms with Gasteiger partial charge in [0.15, 0.2) is 5.78 Å². The third kappa shape index (κ3) is 5.72. The first-order valence-corrected chi connectivity index (χ1v) is 11.1. The molecular formula is C27H31FN2O2. The van der Waals surface area contributed by atoms with Gasteiger partial charge in [0.05, 0.1) is 6.54 Å². The van der Waals surface area contributed by atoms with Crippen LogP contribution < -0.4 is 0 Å². The Morgan fingerprint density at radius 3 is 2.38 bits per heavy atom. The van der Waals surface area contributed by atoms with Crippen molar-refractivity contribution in [3.63, 3.8) is 0 Å². The zero-order chi connectivity index (χ0) is 23.3. The van der Waals surface area contributed by atoms with Gasteiger partial charge in [0, 0.05) is 46.9 Å². The minimum absolute atomic E-state index is 0.0530. The molecule has 0 aliphatic rings. The average molecular weight is 435 g/mol. The fraction of sp³-hybridized carbons (Fsp3) is 0.333. The van der Waals surface area contributed by atoms with E-state index in [1.807, 2.05) is 32.1 Å². The highest BCUT2D eigenvalue weighted by Crippen LogP contribution is 2.23. The van der Waals surface area contributed by atoms with Gasteiger partial charge in [0.1, 0.15) is 5.82 Å². The predicted octanol–water partition coefficient (Wildman–Crippen LogP) is 5.96. The van der Waals surface area contributed by atoms with E-state index in [-0.39, 0.29) is 24.3 Å². The summed E-state index contributed by atoms with van der Waals surface area (Å²) in [5.74, 6) is -0.232. The number of aromatic nitrogens is 1. The first-order valence-electron chi connectivity index (χ1n) is 11.1. The first kappa shape index (κ1) is 23.5. The van der Waals surface area contributed by atoms with Crippen LogP contribution in [0.3, 0.4) is 0 Å². The Hall–Kier alpha value is -3.21. The lowest BCUT2D eigenvalue weighted by Gasteiger charge is -2.24. The standard InChI is InChI=1S/C27H31FN2O2/c1-19(2)15-16-29-17-22(24-7-5-6-8-25(24)29)11-14-27(32)30(20(3)4)18-26(31)21-9-12-23(28)13-10-21/h5-14,17,19-20H,15-16,18H2,1-4H3/b14-11+. The number of rotatable bonds is 9. The van der Waals surface area contributed by atoms with Crippen molar-refractivity contribution in [3.8, 4) is 0 Å². The van der Waals surface area contributed by atoms with Crippen molar-refractivity contribution < 1.29 is 14.0 Å². The average Bonchev–Trinajstić information content (AvgIpc) is 3.12. The number of hydrogen-bond donors (Lipinski definition) is 0. The number of para-hydroxylation sites is 1. The van der Waals surface area contributed by atoms with Crippen LogP contribution in [0.5, 0.6) is 0 Å². The van der Waals surface area contributed by atoms with E-state index in [1.165, 1.54) is 35.2 Å². The van der Waals surface area contributed by atoms with Crippen LogP contribution in [0, 0.1) is 11.7 Å². The number of carbonyl (C=O) groups excluding carboxylic acids is 2. The Kier molecular flexibility index (Phi) is 7.62. The molecule has 168 valence electrons. The van der Waals surface area contributed by atoms with Crippen molar-refractivity contribution in [2.75, 3.05) is 6.54 Å². The van der Waals surface area contributed by atoms with Crippen LogP contribution in [-0.4, -0.2) is 33.7 Å². The molecule has 0 N–H and O–H groups in total. The summed E-state index contributed by atoms with van der Waals surface area (Å²) in [6.07, 6.45) is 6.52. The molecule has 0 aliphatic heterocycles. The number of hydrogen-bond acceptors (Lipinski definition) is 2. The van der Waals surface area contributed by atoms with E-state index in [0.29, 0.717) is 11.5 Å². The number of aryl methyl sites for hydroxylation is 1. The second-order valence-electron chi connectivity index (χ2n) is 8.80. The first-order chi connectivity index (χ1) is 15.3. The van der Waals surface area contributed by atoms with E-state index in [2.05, 4.69) is 36.7 Å². The second-order valence-corrected chi connectivity index (χ2v) is 8.80. The number of benzene rings is 2. The number of nitrogens with zero attached hydrogens (tertiary/aromatic N) is 2. The van der Waals surface area contributed by atoms with Gasteiger partial charge in [-0.05, 0) is 62.6 Å². The van der Waals surface area contributed by atoms with Crippen LogP contribution in [0.25, 0.3) is 17.0 Å². The van der Waals surface area contributed by atoms with E-state index >= 15 is 0 Å². The highest BCUT2D eigenvalue weighted by atomic mass is 19.1. The molecular weight excluding hydrogens is 403 g/mol. The third-order valence-electron chi connectivity index (χ3n) is 5.56. The number of amides is 1. The molecule has 0 spiro atoms. The SMILES string of the molecule is CC(C)CCn1cc(/C=C/C(=O)N(CC(=O)c2ccc(F)cc2)C(C)C)c2ccccc21. The monoisotopic (exact) mass is 434 g/mol. The minimum atomic E-state index is -0.395. The van der Waals surface area contributed by atoms with Gasteiger partial charge in [-0.15, -0.1) is 0 Å². The Morgan fingerprint density at radius 2 is 1.72 bits per heavy atom. The van der Waals surface area contributed by atoms with Gasteiger partial charge >= 0.3 is 0 Å². The molecule has 0 fully saturated rings. The van der Waals surface area contributed by atoms with Gasteiger partial charge in [-0.1, -0.05) is 32.0 Å². The highest BCUT2D eigenvalue weighted by Gasteiger charge is 2.19. The number of fused-ring (bicyclic) bond motifs is 1. The van der Waals surface area contributed by atoms with Crippen molar-refractivity contribution in [2.24, 2.45) is 5.92 Å². The van der Waals surface area contributed by atoms with Gasteiger partial charge in [0.25, 0.3) is 0 Å². The molecule has 4 nitrogen and oxygen atoms in total. The summed E-state index contributed by atoms with van der Waals surface area (Å²) in [5.41, 5.74) is 2.51. The fourth-order valence-electron chi connectivity index (χ4n) is 3.64. The van der Waals surface area contributed by atoms with Crippen LogP contribution in [0.15, 0.2) is 60.8 Å². The largest absolute Gasteiger partial charge is 0.347 e. The zero-order valence-electron chi connectivity index (χ0n) is 19.2. The molecule has 1 amide bonds. The maximum Gasteiger partial charge on any atom is 0.247 e. The topological polar surface area (TPSA) is 42.3 Å². The van der Waals surface area contributed by atoms with Crippen LogP contribution in [0.4, 0.5) is 4.39 Å². The molecule has 3 rings (SSSR count). The van der Waals surface area contributed by atoms with Crippen LogP contribution in [0.2, 0.25) is 0 Å². The predicted molar refractivity (Wildman–Crippen MR) is 128 cm³/mol.